The van der Waals surface area contributed by atoms with E-state index in [0.29, 0.717) is 16.6 Å². The molecule has 0 aromatic heterocycles. The third-order valence-corrected chi connectivity index (χ3v) is 7.01. The van der Waals surface area contributed by atoms with Crippen molar-refractivity contribution >= 4 is 45.6 Å². The second-order valence-corrected chi connectivity index (χ2v) is 9.85. The second kappa shape index (κ2) is 11.6. The van der Waals surface area contributed by atoms with Gasteiger partial charge in [-0.1, -0.05) is 23.2 Å². The van der Waals surface area contributed by atoms with Gasteiger partial charge in [0.25, 0.3) is 0 Å². The summed E-state index contributed by atoms with van der Waals surface area (Å²) in [4.78, 5) is 2.46. The number of ether oxygens (including phenoxy) is 2. The summed E-state index contributed by atoms with van der Waals surface area (Å²) < 4.78 is 38.2. The molecule has 6 nitrogen and oxygen atoms in total. The van der Waals surface area contributed by atoms with E-state index in [-0.39, 0.29) is 17.3 Å². The minimum Gasteiger partial charge on any atom is -0.493 e. The first kappa shape index (κ1) is 26.0. The second-order valence-electron chi connectivity index (χ2n) is 7.21. The molecule has 1 aliphatic rings. The van der Waals surface area contributed by atoms with Crippen molar-refractivity contribution in [3.8, 4) is 11.5 Å². The Labute approximate surface area is 200 Å². The number of methoxy groups -OCH3 is 2. The first-order valence-corrected chi connectivity index (χ1v) is 12.0. The van der Waals surface area contributed by atoms with Crippen molar-refractivity contribution in [3.05, 3.63) is 51.5 Å². The van der Waals surface area contributed by atoms with Gasteiger partial charge in [0, 0.05) is 29.7 Å². The quantitative estimate of drug-likeness (QED) is 0.502. The van der Waals surface area contributed by atoms with Gasteiger partial charge in [-0.15, -0.1) is 12.4 Å². The lowest BCUT2D eigenvalue weighted by molar-refractivity contribution is 0.248. The summed E-state index contributed by atoms with van der Waals surface area (Å²) in [7, 11) is -0.334. The fraction of sp³-hybridized carbons (Fsp3) is 0.429. The van der Waals surface area contributed by atoms with E-state index in [1.165, 1.54) is 29.3 Å². The number of rotatable bonds is 9. The molecule has 0 amide bonds. The van der Waals surface area contributed by atoms with E-state index >= 15 is 0 Å². The molecule has 3 rings (SSSR count). The maximum Gasteiger partial charge on any atom is 0.240 e. The molecule has 0 aliphatic carbocycles. The van der Waals surface area contributed by atoms with Crippen molar-refractivity contribution in [3.63, 3.8) is 0 Å². The standard InChI is InChI=1S/C21H26Cl2N2O4S.ClH/c1-28-20-9-15-5-8-25(14-16(15)10-21(20)29-2)7-4-3-6-24-30(26,27)19-12-17(22)11-18(23)13-19;/h9-13,24H,3-8,14H2,1-2H3;1H. The van der Waals surface area contributed by atoms with Gasteiger partial charge in [0.2, 0.25) is 10.0 Å². The van der Waals surface area contributed by atoms with Gasteiger partial charge in [-0.05, 0) is 67.3 Å². The van der Waals surface area contributed by atoms with Crippen LogP contribution >= 0.6 is 35.6 Å². The van der Waals surface area contributed by atoms with Crippen LogP contribution in [0.3, 0.4) is 0 Å². The predicted molar refractivity (Wildman–Crippen MR) is 127 cm³/mol. The van der Waals surface area contributed by atoms with E-state index in [0.717, 1.165) is 50.4 Å². The number of hydrogen-bond donors (Lipinski definition) is 1. The summed E-state index contributed by atoms with van der Waals surface area (Å²) in [5, 5.41) is 0.588. The molecule has 0 fully saturated rings. The van der Waals surface area contributed by atoms with Crippen molar-refractivity contribution in [2.75, 3.05) is 33.9 Å². The van der Waals surface area contributed by atoms with Crippen molar-refractivity contribution in [2.45, 2.75) is 30.7 Å². The Balaban J connectivity index is 0.00000341. The van der Waals surface area contributed by atoms with Crippen LogP contribution in [0.1, 0.15) is 24.0 Å². The van der Waals surface area contributed by atoms with Crippen molar-refractivity contribution in [1.82, 2.24) is 9.62 Å². The smallest absolute Gasteiger partial charge is 0.240 e. The Morgan fingerprint density at radius 2 is 1.58 bits per heavy atom. The molecule has 0 saturated carbocycles. The molecular weight excluding hydrogens is 483 g/mol. The Kier molecular flexibility index (Phi) is 9.73. The van der Waals surface area contributed by atoms with Gasteiger partial charge in [0.15, 0.2) is 11.5 Å². The highest BCUT2D eigenvalue weighted by atomic mass is 35.5. The van der Waals surface area contributed by atoms with E-state index < -0.39 is 10.0 Å². The summed E-state index contributed by atoms with van der Waals surface area (Å²) in [6.07, 6.45) is 2.59. The van der Waals surface area contributed by atoms with Crippen LogP contribution in [0.4, 0.5) is 0 Å². The minimum atomic E-state index is -3.62. The van der Waals surface area contributed by atoms with Gasteiger partial charge in [-0.3, -0.25) is 4.90 Å². The van der Waals surface area contributed by atoms with Crippen LogP contribution in [-0.4, -0.2) is 47.2 Å². The molecule has 1 aliphatic heterocycles. The van der Waals surface area contributed by atoms with Crippen LogP contribution in [0.2, 0.25) is 10.0 Å². The lowest BCUT2D eigenvalue weighted by atomic mass is 9.98. The molecule has 172 valence electrons. The summed E-state index contributed by atoms with van der Waals surface area (Å²) in [6, 6.07) is 8.39. The molecule has 1 N–H and O–H groups in total. The zero-order chi connectivity index (χ0) is 21.7. The number of sulfonamides is 1. The van der Waals surface area contributed by atoms with Crippen molar-refractivity contribution in [1.29, 1.82) is 0 Å². The predicted octanol–water partition coefficient (Wildman–Crippen LogP) is 4.55. The monoisotopic (exact) mass is 508 g/mol. The molecule has 2 aromatic carbocycles. The Bertz CT molecular complexity index is 982. The van der Waals surface area contributed by atoms with E-state index in [1.54, 1.807) is 14.2 Å². The highest BCUT2D eigenvalue weighted by molar-refractivity contribution is 7.89. The van der Waals surface area contributed by atoms with Gasteiger partial charge < -0.3 is 9.47 Å². The lowest BCUT2D eigenvalue weighted by Gasteiger charge is -2.29. The third-order valence-electron chi connectivity index (χ3n) is 5.14. The highest BCUT2D eigenvalue weighted by Gasteiger charge is 2.19. The highest BCUT2D eigenvalue weighted by Crippen LogP contribution is 2.33. The molecule has 31 heavy (non-hydrogen) atoms. The van der Waals surface area contributed by atoms with Crippen LogP contribution in [0.15, 0.2) is 35.2 Å². The SMILES string of the molecule is COc1cc2c(cc1OC)CN(CCCCNS(=O)(=O)c1cc(Cl)cc(Cl)c1)CC2.Cl. The minimum absolute atomic E-state index is 0. The third kappa shape index (κ3) is 6.88. The molecule has 0 radical (unpaired) electrons. The van der Waals surface area contributed by atoms with Crippen LogP contribution in [0.5, 0.6) is 11.5 Å². The average molecular weight is 510 g/mol. The van der Waals surface area contributed by atoms with Crippen LogP contribution in [-0.2, 0) is 23.0 Å². The number of hydrogen-bond acceptors (Lipinski definition) is 5. The first-order chi connectivity index (χ1) is 14.3. The molecule has 10 heteroatoms. The maximum absolute atomic E-state index is 12.4. The number of halogens is 3. The Hall–Kier alpha value is -1.22. The number of nitrogens with zero attached hydrogens (tertiary/aromatic N) is 1. The van der Waals surface area contributed by atoms with Crippen LogP contribution in [0.25, 0.3) is 0 Å². The van der Waals surface area contributed by atoms with Gasteiger partial charge in [0.1, 0.15) is 0 Å². The summed E-state index contributed by atoms with van der Waals surface area (Å²) >= 11 is 11.8. The Morgan fingerprint density at radius 1 is 0.968 bits per heavy atom. The molecule has 0 bridgehead atoms. The Morgan fingerprint density at radius 3 is 2.19 bits per heavy atom. The van der Waals surface area contributed by atoms with Gasteiger partial charge >= 0.3 is 0 Å². The molecule has 0 unspecified atom stereocenters. The summed E-state index contributed by atoms with van der Waals surface area (Å²) in [5.74, 6) is 1.51. The fourth-order valence-electron chi connectivity index (χ4n) is 3.57. The average Bonchev–Trinajstić information content (AvgIpc) is 2.71. The van der Waals surface area contributed by atoms with Gasteiger partial charge in [0.05, 0.1) is 19.1 Å². The van der Waals surface area contributed by atoms with Crippen LogP contribution in [0, 0.1) is 0 Å². The zero-order valence-corrected chi connectivity index (χ0v) is 20.6. The maximum atomic E-state index is 12.4. The molecular formula is C21H27Cl3N2O4S. The van der Waals surface area contributed by atoms with E-state index in [4.69, 9.17) is 32.7 Å². The number of fused-ring (bicyclic) bond motifs is 1. The topological polar surface area (TPSA) is 67.9 Å². The zero-order valence-electron chi connectivity index (χ0n) is 17.5. The molecule has 2 aromatic rings. The lowest BCUT2D eigenvalue weighted by Crippen LogP contribution is -2.32. The molecule has 0 atom stereocenters. The number of unbranched alkanes of at least 4 members (excludes halogenated alkanes) is 1. The van der Waals surface area contributed by atoms with E-state index in [1.807, 2.05) is 6.07 Å². The largest absolute Gasteiger partial charge is 0.493 e. The van der Waals surface area contributed by atoms with Crippen LogP contribution < -0.4 is 14.2 Å². The van der Waals surface area contributed by atoms with E-state index in [2.05, 4.69) is 15.7 Å². The van der Waals surface area contributed by atoms with Crippen molar-refractivity contribution < 1.29 is 17.9 Å². The summed E-state index contributed by atoms with van der Waals surface area (Å²) in [6.45, 7) is 3.08. The van der Waals surface area contributed by atoms with Gasteiger partial charge in [-0.2, -0.15) is 0 Å². The first-order valence-electron chi connectivity index (χ1n) is 9.74. The number of nitrogens with one attached hydrogen (secondary N) is 1. The summed E-state index contributed by atoms with van der Waals surface area (Å²) in [5.41, 5.74) is 2.54. The molecule has 0 spiro atoms. The van der Waals surface area contributed by atoms with E-state index in [9.17, 15) is 8.42 Å². The van der Waals surface area contributed by atoms with Crippen molar-refractivity contribution in [2.24, 2.45) is 0 Å². The normalized spacial score (nSPS) is 13.9. The molecule has 1 heterocycles. The number of benzene rings is 2. The van der Waals surface area contributed by atoms with Gasteiger partial charge in [-0.25, -0.2) is 13.1 Å². The molecule has 0 saturated heterocycles. The fourth-order valence-corrected chi connectivity index (χ4v) is 5.37.